The molecule has 1 aliphatic rings. The predicted octanol–water partition coefficient (Wildman–Crippen LogP) is 2.15. The van der Waals surface area contributed by atoms with E-state index in [9.17, 15) is 4.79 Å². The van der Waals surface area contributed by atoms with Crippen LogP contribution in [0.4, 0.5) is 0 Å². The molecule has 1 aromatic carbocycles. The zero-order chi connectivity index (χ0) is 19.5. The first kappa shape index (κ1) is 18.3. The molecule has 0 spiro atoms. The fourth-order valence-corrected chi connectivity index (χ4v) is 3.43. The van der Waals surface area contributed by atoms with Crippen molar-refractivity contribution in [3.8, 4) is 11.3 Å². The number of amides is 1. The minimum absolute atomic E-state index is 0.0961. The third-order valence-electron chi connectivity index (χ3n) is 5.00. The molecule has 0 radical (unpaired) electrons. The Morgan fingerprint density at radius 3 is 2.89 bits per heavy atom. The van der Waals surface area contributed by atoms with Crippen LogP contribution in [0.5, 0.6) is 0 Å². The molecule has 0 unspecified atom stereocenters. The predicted molar refractivity (Wildman–Crippen MR) is 105 cm³/mol. The van der Waals surface area contributed by atoms with Crippen LogP contribution < -0.4 is 5.73 Å². The standard InChI is InChI=1S/C21H23N5O2/c1-25-17(8-9-23-25)13-26-10-11-28-20(14-26)19-7-3-6-18(24-19)15-4-2-5-16(12-15)21(22)27/h2-9,12,20H,10-11,13-14H2,1H3,(H2,22,27)/t20-/m1/s1. The summed E-state index contributed by atoms with van der Waals surface area (Å²) < 4.78 is 7.89. The number of carbonyl (C=O) groups is 1. The minimum Gasteiger partial charge on any atom is -0.369 e. The topological polar surface area (TPSA) is 86.3 Å². The second-order valence-corrected chi connectivity index (χ2v) is 6.93. The maximum Gasteiger partial charge on any atom is 0.248 e. The number of pyridine rings is 1. The minimum atomic E-state index is -0.445. The molecule has 7 nitrogen and oxygen atoms in total. The molecule has 144 valence electrons. The summed E-state index contributed by atoms with van der Waals surface area (Å²) in [5.74, 6) is -0.445. The van der Waals surface area contributed by atoms with Crippen molar-refractivity contribution in [1.82, 2.24) is 19.7 Å². The smallest absolute Gasteiger partial charge is 0.248 e. The molecule has 1 fully saturated rings. The van der Waals surface area contributed by atoms with Gasteiger partial charge in [-0.1, -0.05) is 18.2 Å². The van der Waals surface area contributed by atoms with E-state index >= 15 is 0 Å². The highest BCUT2D eigenvalue weighted by molar-refractivity contribution is 5.93. The van der Waals surface area contributed by atoms with Gasteiger partial charge >= 0.3 is 0 Å². The van der Waals surface area contributed by atoms with E-state index in [2.05, 4.69) is 10.00 Å². The molecule has 0 bridgehead atoms. The summed E-state index contributed by atoms with van der Waals surface area (Å²) >= 11 is 0. The summed E-state index contributed by atoms with van der Waals surface area (Å²) in [6, 6.07) is 15.1. The van der Waals surface area contributed by atoms with Gasteiger partial charge in [0.05, 0.1) is 23.7 Å². The van der Waals surface area contributed by atoms with Gasteiger partial charge in [-0.3, -0.25) is 19.4 Å². The van der Waals surface area contributed by atoms with Gasteiger partial charge in [0, 0.05) is 44.0 Å². The summed E-state index contributed by atoms with van der Waals surface area (Å²) in [7, 11) is 1.96. The summed E-state index contributed by atoms with van der Waals surface area (Å²) in [5.41, 5.74) is 9.59. The number of benzene rings is 1. The first-order valence-electron chi connectivity index (χ1n) is 9.28. The lowest BCUT2D eigenvalue weighted by Crippen LogP contribution is -2.38. The molecule has 1 atom stereocenters. The van der Waals surface area contributed by atoms with Crippen LogP contribution in [-0.2, 0) is 18.3 Å². The summed E-state index contributed by atoms with van der Waals surface area (Å²) in [5, 5.41) is 4.24. The van der Waals surface area contributed by atoms with E-state index in [4.69, 9.17) is 15.5 Å². The van der Waals surface area contributed by atoms with Crippen molar-refractivity contribution in [1.29, 1.82) is 0 Å². The molecule has 7 heteroatoms. The number of rotatable bonds is 5. The number of nitrogens with zero attached hydrogens (tertiary/aromatic N) is 4. The first-order valence-corrected chi connectivity index (χ1v) is 9.28. The zero-order valence-corrected chi connectivity index (χ0v) is 15.8. The van der Waals surface area contributed by atoms with Crippen molar-refractivity contribution < 1.29 is 9.53 Å². The van der Waals surface area contributed by atoms with Crippen molar-refractivity contribution in [2.24, 2.45) is 12.8 Å². The zero-order valence-electron chi connectivity index (χ0n) is 15.8. The molecule has 2 N–H and O–H groups in total. The van der Waals surface area contributed by atoms with Crippen molar-refractivity contribution in [2.75, 3.05) is 19.7 Å². The van der Waals surface area contributed by atoms with E-state index < -0.39 is 5.91 Å². The Kier molecular flexibility index (Phi) is 5.18. The molecule has 1 aliphatic heterocycles. The Bertz CT molecular complexity index is 984. The number of primary amides is 1. The lowest BCUT2D eigenvalue weighted by molar-refractivity contribution is -0.0355. The lowest BCUT2D eigenvalue weighted by atomic mass is 10.1. The average Bonchev–Trinajstić information content (AvgIpc) is 3.13. The number of ether oxygens (including phenoxy) is 1. The third-order valence-corrected chi connectivity index (χ3v) is 5.00. The highest BCUT2D eigenvalue weighted by atomic mass is 16.5. The SMILES string of the molecule is Cn1nccc1CN1CCO[C@@H](c2cccc(-c3cccc(C(N)=O)c3)n2)C1. The largest absolute Gasteiger partial charge is 0.369 e. The van der Waals surface area contributed by atoms with Crippen molar-refractivity contribution in [2.45, 2.75) is 12.6 Å². The molecule has 4 rings (SSSR count). The van der Waals surface area contributed by atoms with E-state index in [1.54, 1.807) is 12.1 Å². The van der Waals surface area contributed by atoms with Crippen LogP contribution in [0.1, 0.15) is 27.8 Å². The van der Waals surface area contributed by atoms with E-state index in [1.807, 2.05) is 54.3 Å². The van der Waals surface area contributed by atoms with Crippen LogP contribution >= 0.6 is 0 Å². The van der Waals surface area contributed by atoms with Crippen LogP contribution in [0.2, 0.25) is 0 Å². The number of nitrogens with two attached hydrogens (primary N) is 1. The molecule has 1 saturated heterocycles. The number of hydrogen-bond donors (Lipinski definition) is 1. The molecular formula is C21H23N5O2. The second-order valence-electron chi connectivity index (χ2n) is 6.93. The maximum atomic E-state index is 11.5. The Labute approximate surface area is 163 Å². The van der Waals surface area contributed by atoms with Crippen LogP contribution in [0.15, 0.2) is 54.7 Å². The number of aryl methyl sites for hydroxylation is 1. The van der Waals surface area contributed by atoms with Crippen LogP contribution in [-0.4, -0.2) is 45.3 Å². The van der Waals surface area contributed by atoms with Crippen LogP contribution in [0, 0.1) is 0 Å². The quantitative estimate of drug-likeness (QED) is 0.736. The number of morpholine rings is 1. The lowest BCUT2D eigenvalue weighted by Gasteiger charge is -2.32. The van der Waals surface area contributed by atoms with Crippen molar-refractivity contribution in [3.63, 3.8) is 0 Å². The van der Waals surface area contributed by atoms with E-state index in [-0.39, 0.29) is 6.10 Å². The van der Waals surface area contributed by atoms with Gasteiger partial charge in [0.15, 0.2) is 0 Å². The molecule has 2 aromatic heterocycles. The van der Waals surface area contributed by atoms with Gasteiger partial charge in [0.1, 0.15) is 6.10 Å². The molecule has 0 saturated carbocycles. The fraction of sp³-hybridized carbons (Fsp3) is 0.286. The normalized spacial score (nSPS) is 17.5. The van der Waals surface area contributed by atoms with Gasteiger partial charge in [0.25, 0.3) is 0 Å². The Balaban J connectivity index is 1.53. The van der Waals surface area contributed by atoms with Crippen LogP contribution in [0.25, 0.3) is 11.3 Å². The molecule has 3 aromatic rings. The highest BCUT2D eigenvalue weighted by Crippen LogP contribution is 2.25. The van der Waals surface area contributed by atoms with Gasteiger partial charge in [-0.05, 0) is 30.3 Å². The molecular weight excluding hydrogens is 354 g/mol. The molecule has 3 heterocycles. The Morgan fingerprint density at radius 2 is 2.11 bits per heavy atom. The first-order chi connectivity index (χ1) is 13.6. The second kappa shape index (κ2) is 7.92. The van der Waals surface area contributed by atoms with Gasteiger partial charge < -0.3 is 10.5 Å². The van der Waals surface area contributed by atoms with Gasteiger partial charge in [-0.25, -0.2) is 0 Å². The summed E-state index contributed by atoms with van der Waals surface area (Å²) in [4.78, 5) is 18.6. The monoisotopic (exact) mass is 377 g/mol. The van der Waals surface area contributed by atoms with Crippen molar-refractivity contribution in [3.05, 3.63) is 71.7 Å². The fourth-order valence-electron chi connectivity index (χ4n) is 3.43. The summed E-state index contributed by atoms with van der Waals surface area (Å²) in [6.07, 6.45) is 1.72. The van der Waals surface area contributed by atoms with Gasteiger partial charge in [0.2, 0.25) is 5.91 Å². The number of aromatic nitrogens is 3. The van der Waals surface area contributed by atoms with E-state index in [1.165, 1.54) is 5.69 Å². The van der Waals surface area contributed by atoms with E-state index in [0.29, 0.717) is 12.2 Å². The van der Waals surface area contributed by atoms with Crippen molar-refractivity contribution >= 4 is 5.91 Å². The molecule has 1 amide bonds. The van der Waals surface area contributed by atoms with E-state index in [0.717, 1.165) is 36.6 Å². The van der Waals surface area contributed by atoms with Crippen LogP contribution in [0.3, 0.4) is 0 Å². The van der Waals surface area contributed by atoms with Gasteiger partial charge in [-0.15, -0.1) is 0 Å². The number of hydrogen-bond acceptors (Lipinski definition) is 5. The Morgan fingerprint density at radius 1 is 1.25 bits per heavy atom. The number of carbonyl (C=O) groups excluding carboxylic acids is 1. The average molecular weight is 377 g/mol. The van der Waals surface area contributed by atoms with Gasteiger partial charge in [-0.2, -0.15) is 5.10 Å². The third kappa shape index (κ3) is 3.95. The summed E-state index contributed by atoms with van der Waals surface area (Å²) in [6.45, 7) is 3.13. The maximum absolute atomic E-state index is 11.5. The Hall–Kier alpha value is -3.03. The molecule has 28 heavy (non-hydrogen) atoms. The molecule has 0 aliphatic carbocycles. The highest BCUT2D eigenvalue weighted by Gasteiger charge is 2.24.